The molecular weight excluding hydrogens is 472 g/mol. The Morgan fingerprint density at radius 3 is 2.42 bits per heavy atom. The Bertz CT molecular complexity index is 1070. The van der Waals surface area contributed by atoms with Crippen molar-refractivity contribution >= 4 is 27.5 Å². The van der Waals surface area contributed by atoms with Crippen molar-refractivity contribution in [2.75, 3.05) is 53.7 Å². The summed E-state index contributed by atoms with van der Waals surface area (Å²) < 4.78 is 48.0. The topological polar surface area (TPSA) is 103 Å². The SMILES string of the molecule is COc1ccc(CCNC(=O)COc2ccc(S(=O)(=O)N3CCOCC3)cc2Cl)cc1OC. The summed E-state index contributed by atoms with van der Waals surface area (Å²) in [7, 11) is -0.527. The molecule has 1 amide bonds. The van der Waals surface area contributed by atoms with Gasteiger partial charge < -0.3 is 24.3 Å². The van der Waals surface area contributed by atoms with Crippen LogP contribution in [0.15, 0.2) is 41.3 Å². The summed E-state index contributed by atoms with van der Waals surface area (Å²) in [5.41, 5.74) is 0.981. The zero-order valence-electron chi connectivity index (χ0n) is 18.5. The normalized spacial score (nSPS) is 14.5. The lowest BCUT2D eigenvalue weighted by molar-refractivity contribution is -0.123. The van der Waals surface area contributed by atoms with Crippen LogP contribution in [0.4, 0.5) is 0 Å². The number of nitrogens with zero attached hydrogens (tertiary/aromatic N) is 1. The first-order chi connectivity index (χ1) is 15.8. The Hall–Kier alpha value is -2.53. The fourth-order valence-corrected chi connectivity index (χ4v) is 5.01. The third-order valence-corrected chi connectivity index (χ3v) is 7.24. The zero-order chi connectivity index (χ0) is 23.8. The molecule has 0 bridgehead atoms. The lowest BCUT2D eigenvalue weighted by atomic mass is 10.1. The number of rotatable bonds is 10. The van der Waals surface area contributed by atoms with Gasteiger partial charge in [-0.2, -0.15) is 4.31 Å². The Balaban J connectivity index is 1.50. The quantitative estimate of drug-likeness (QED) is 0.535. The number of hydrogen-bond donors (Lipinski definition) is 1. The number of carbonyl (C=O) groups excluding carboxylic acids is 1. The Kier molecular flexibility index (Phi) is 8.79. The highest BCUT2D eigenvalue weighted by molar-refractivity contribution is 7.89. The minimum absolute atomic E-state index is 0.0705. The number of morpholine rings is 1. The molecule has 0 radical (unpaired) electrons. The number of benzene rings is 2. The highest BCUT2D eigenvalue weighted by atomic mass is 35.5. The van der Waals surface area contributed by atoms with Crippen LogP contribution in [0.5, 0.6) is 17.2 Å². The molecule has 0 saturated carbocycles. The lowest BCUT2D eigenvalue weighted by Crippen LogP contribution is -2.40. The second kappa shape index (κ2) is 11.6. The average molecular weight is 499 g/mol. The van der Waals surface area contributed by atoms with E-state index in [1.807, 2.05) is 18.2 Å². The van der Waals surface area contributed by atoms with Crippen LogP contribution >= 0.6 is 11.6 Å². The molecule has 1 heterocycles. The van der Waals surface area contributed by atoms with Crippen LogP contribution in [-0.2, 0) is 26.0 Å². The van der Waals surface area contributed by atoms with Crippen molar-refractivity contribution in [1.82, 2.24) is 9.62 Å². The molecule has 1 saturated heterocycles. The van der Waals surface area contributed by atoms with Gasteiger partial charge in [-0.05, 0) is 42.3 Å². The first-order valence-electron chi connectivity index (χ1n) is 10.3. The number of nitrogens with one attached hydrogen (secondary N) is 1. The maximum absolute atomic E-state index is 12.7. The molecule has 1 N–H and O–H groups in total. The van der Waals surface area contributed by atoms with E-state index in [1.54, 1.807) is 14.2 Å². The molecular formula is C22H27ClN2O7S. The maximum atomic E-state index is 12.7. The maximum Gasteiger partial charge on any atom is 0.257 e. The van der Waals surface area contributed by atoms with Crippen LogP contribution in [0.2, 0.25) is 5.02 Å². The van der Waals surface area contributed by atoms with Crippen LogP contribution in [0, 0.1) is 0 Å². The summed E-state index contributed by atoms with van der Waals surface area (Å²) in [6.07, 6.45) is 0.598. The van der Waals surface area contributed by atoms with Gasteiger partial charge >= 0.3 is 0 Å². The molecule has 11 heteroatoms. The van der Waals surface area contributed by atoms with Gasteiger partial charge in [-0.15, -0.1) is 0 Å². The molecule has 1 aliphatic heterocycles. The highest BCUT2D eigenvalue weighted by Crippen LogP contribution is 2.29. The Morgan fingerprint density at radius 1 is 1.06 bits per heavy atom. The van der Waals surface area contributed by atoms with Crippen molar-refractivity contribution < 1.29 is 32.2 Å². The highest BCUT2D eigenvalue weighted by Gasteiger charge is 2.27. The fourth-order valence-electron chi connectivity index (χ4n) is 3.27. The molecule has 0 spiro atoms. The van der Waals surface area contributed by atoms with Crippen molar-refractivity contribution in [1.29, 1.82) is 0 Å². The average Bonchev–Trinajstić information content (AvgIpc) is 2.83. The van der Waals surface area contributed by atoms with Crippen molar-refractivity contribution in [3.05, 3.63) is 47.0 Å². The summed E-state index contributed by atoms with van der Waals surface area (Å²) in [6, 6.07) is 9.76. The summed E-state index contributed by atoms with van der Waals surface area (Å²) in [6.45, 7) is 1.46. The molecule has 1 aliphatic rings. The molecule has 9 nitrogen and oxygen atoms in total. The standard InChI is InChI=1S/C22H27ClN2O7S/c1-29-20-5-3-16(13-21(20)30-2)7-8-24-22(26)15-32-19-6-4-17(14-18(19)23)33(27,28)25-9-11-31-12-10-25/h3-6,13-14H,7-12,15H2,1-2H3,(H,24,26). The van der Waals surface area contributed by atoms with E-state index in [1.165, 1.54) is 22.5 Å². The van der Waals surface area contributed by atoms with E-state index in [4.69, 9.17) is 30.5 Å². The number of ether oxygens (including phenoxy) is 4. The van der Waals surface area contributed by atoms with Crippen LogP contribution < -0.4 is 19.5 Å². The first-order valence-corrected chi connectivity index (χ1v) is 12.1. The van der Waals surface area contributed by atoms with E-state index < -0.39 is 10.0 Å². The number of sulfonamides is 1. The van der Waals surface area contributed by atoms with E-state index in [0.29, 0.717) is 50.8 Å². The number of halogens is 1. The Morgan fingerprint density at radius 2 is 1.76 bits per heavy atom. The van der Waals surface area contributed by atoms with E-state index in [2.05, 4.69) is 5.32 Å². The van der Waals surface area contributed by atoms with E-state index in [0.717, 1.165) is 5.56 Å². The molecule has 1 fully saturated rings. The molecule has 2 aromatic rings. The largest absolute Gasteiger partial charge is 0.493 e. The van der Waals surface area contributed by atoms with E-state index >= 15 is 0 Å². The van der Waals surface area contributed by atoms with Crippen LogP contribution in [0.25, 0.3) is 0 Å². The first kappa shape index (κ1) is 25.1. The predicted molar refractivity (Wildman–Crippen MR) is 123 cm³/mol. The molecule has 33 heavy (non-hydrogen) atoms. The Labute approximate surface area is 198 Å². The summed E-state index contributed by atoms with van der Waals surface area (Å²) in [4.78, 5) is 12.2. The molecule has 0 unspecified atom stereocenters. The van der Waals surface area contributed by atoms with Gasteiger partial charge in [-0.25, -0.2) is 8.42 Å². The molecule has 0 aromatic heterocycles. The minimum Gasteiger partial charge on any atom is -0.493 e. The van der Waals surface area contributed by atoms with E-state index in [9.17, 15) is 13.2 Å². The van der Waals surface area contributed by atoms with Gasteiger partial charge in [0.25, 0.3) is 5.91 Å². The van der Waals surface area contributed by atoms with Gasteiger partial charge in [0.2, 0.25) is 10.0 Å². The van der Waals surface area contributed by atoms with Gasteiger partial charge in [0.15, 0.2) is 18.1 Å². The van der Waals surface area contributed by atoms with E-state index in [-0.39, 0.29) is 28.2 Å². The fraction of sp³-hybridized carbons (Fsp3) is 0.409. The monoisotopic (exact) mass is 498 g/mol. The predicted octanol–water partition coefficient (Wildman–Crippen LogP) is 2.12. The van der Waals surface area contributed by atoms with Crippen LogP contribution in [-0.4, -0.2) is 72.3 Å². The second-order valence-electron chi connectivity index (χ2n) is 7.19. The third-order valence-electron chi connectivity index (χ3n) is 5.05. The molecule has 3 rings (SSSR count). The van der Waals surface area contributed by atoms with Gasteiger partial charge in [0.1, 0.15) is 5.75 Å². The van der Waals surface area contributed by atoms with Gasteiger partial charge in [0, 0.05) is 19.6 Å². The summed E-state index contributed by atoms with van der Waals surface area (Å²) >= 11 is 6.21. The van der Waals surface area contributed by atoms with Crippen LogP contribution in [0.3, 0.4) is 0 Å². The van der Waals surface area contributed by atoms with Gasteiger partial charge in [-0.3, -0.25) is 4.79 Å². The van der Waals surface area contributed by atoms with Crippen molar-refractivity contribution in [2.45, 2.75) is 11.3 Å². The smallest absolute Gasteiger partial charge is 0.257 e. The minimum atomic E-state index is -3.66. The summed E-state index contributed by atoms with van der Waals surface area (Å²) in [5, 5.41) is 2.89. The van der Waals surface area contributed by atoms with Crippen molar-refractivity contribution in [3.8, 4) is 17.2 Å². The zero-order valence-corrected chi connectivity index (χ0v) is 20.1. The van der Waals surface area contributed by atoms with Crippen molar-refractivity contribution in [3.63, 3.8) is 0 Å². The lowest BCUT2D eigenvalue weighted by Gasteiger charge is -2.26. The molecule has 2 aromatic carbocycles. The summed E-state index contributed by atoms with van der Waals surface area (Å²) in [5.74, 6) is 1.17. The second-order valence-corrected chi connectivity index (χ2v) is 9.53. The number of hydrogen-bond acceptors (Lipinski definition) is 7. The number of amides is 1. The molecule has 0 aliphatic carbocycles. The van der Waals surface area contributed by atoms with Crippen molar-refractivity contribution in [2.24, 2.45) is 0 Å². The number of methoxy groups -OCH3 is 2. The van der Waals surface area contributed by atoms with Crippen LogP contribution in [0.1, 0.15) is 5.56 Å². The van der Waals surface area contributed by atoms with Gasteiger partial charge in [-0.1, -0.05) is 17.7 Å². The molecule has 0 atom stereocenters. The molecule has 180 valence electrons. The third kappa shape index (κ3) is 6.50. The van der Waals surface area contributed by atoms with Gasteiger partial charge in [0.05, 0.1) is 37.4 Å². The number of carbonyl (C=O) groups is 1.